The summed E-state index contributed by atoms with van der Waals surface area (Å²) in [7, 11) is 0. The van der Waals surface area contributed by atoms with Crippen molar-refractivity contribution in [3.63, 3.8) is 0 Å². The smallest absolute Gasteiger partial charge is 0.116 e. The van der Waals surface area contributed by atoms with E-state index in [0.29, 0.717) is 0 Å². The lowest BCUT2D eigenvalue weighted by Gasteiger charge is -2.10. The molecule has 5 aromatic heterocycles. The second-order valence-electron chi connectivity index (χ2n) is 9.39. The van der Waals surface area contributed by atoms with Gasteiger partial charge in [-0.3, -0.25) is 9.97 Å². The Balaban J connectivity index is 1.45. The van der Waals surface area contributed by atoms with Gasteiger partial charge in [-0.15, -0.1) is 0 Å². The highest BCUT2D eigenvalue weighted by Gasteiger charge is 2.20. The fourth-order valence-corrected chi connectivity index (χ4v) is 5.53. The molecule has 8 aromatic rings. The molecule has 0 fully saturated rings. The first kappa shape index (κ1) is 20.9. The summed E-state index contributed by atoms with van der Waals surface area (Å²) >= 11 is 0. The molecule has 0 aliphatic heterocycles. The van der Waals surface area contributed by atoms with E-state index in [9.17, 15) is 0 Å². The van der Waals surface area contributed by atoms with Crippen LogP contribution in [-0.2, 0) is 0 Å². The minimum Gasteiger partial charge on any atom is -0.306 e. The topological polar surface area (TPSA) is 48.5 Å². The van der Waals surface area contributed by atoms with Crippen LogP contribution in [0.4, 0.5) is 0 Å². The van der Waals surface area contributed by atoms with E-state index in [0.717, 1.165) is 55.5 Å². The van der Waals surface area contributed by atoms with Gasteiger partial charge in [-0.25, -0.2) is 4.98 Å². The number of nitrogens with zero attached hydrogens (tertiary/aromatic N) is 5. The maximum Gasteiger partial charge on any atom is 0.116 e. The molecule has 0 saturated carbocycles. The van der Waals surface area contributed by atoms with E-state index in [1.165, 1.54) is 11.1 Å². The summed E-state index contributed by atoms with van der Waals surface area (Å²) in [4.78, 5) is 14.7. The van der Waals surface area contributed by atoms with Gasteiger partial charge in [0.15, 0.2) is 0 Å². The van der Waals surface area contributed by atoms with Crippen molar-refractivity contribution in [1.82, 2.24) is 24.1 Å². The molecule has 8 rings (SSSR count). The third kappa shape index (κ3) is 3.02. The van der Waals surface area contributed by atoms with Gasteiger partial charge in [0.1, 0.15) is 22.1 Å². The van der Waals surface area contributed by atoms with Crippen LogP contribution < -0.4 is 0 Å². The van der Waals surface area contributed by atoms with Crippen molar-refractivity contribution >= 4 is 44.1 Å². The molecule has 0 aliphatic rings. The Morgan fingerprint density at radius 2 is 0.895 bits per heavy atom. The van der Waals surface area contributed by atoms with Crippen molar-refractivity contribution in [3.8, 4) is 22.5 Å². The average molecular weight is 488 g/mol. The number of benzene rings is 3. The number of para-hydroxylation sites is 1. The number of rotatable bonds is 3. The predicted octanol–water partition coefficient (Wildman–Crippen LogP) is 7.73. The molecule has 5 heteroatoms. The predicted molar refractivity (Wildman–Crippen MR) is 154 cm³/mol. The quantitative estimate of drug-likeness (QED) is 0.256. The summed E-state index contributed by atoms with van der Waals surface area (Å²) < 4.78 is 4.51. The zero-order chi connectivity index (χ0) is 25.1. The van der Waals surface area contributed by atoms with Gasteiger partial charge in [0, 0.05) is 23.8 Å². The molecule has 178 valence electrons. The van der Waals surface area contributed by atoms with Crippen LogP contribution in [0.15, 0.2) is 128 Å². The molecule has 0 bridgehead atoms. The van der Waals surface area contributed by atoms with Crippen LogP contribution in [0.5, 0.6) is 0 Å². The summed E-state index contributed by atoms with van der Waals surface area (Å²) in [5.41, 5.74) is 12.1. The van der Waals surface area contributed by atoms with E-state index in [4.69, 9.17) is 15.0 Å². The molecule has 0 N–H and O–H groups in total. The molecule has 0 unspecified atom stereocenters. The molecule has 5 nitrogen and oxygen atoms in total. The zero-order valence-corrected chi connectivity index (χ0v) is 20.4. The van der Waals surface area contributed by atoms with Crippen LogP contribution in [-0.4, -0.2) is 24.1 Å². The Morgan fingerprint density at radius 1 is 0.395 bits per heavy atom. The third-order valence-electron chi connectivity index (χ3n) is 7.21. The van der Waals surface area contributed by atoms with E-state index in [1.54, 1.807) is 0 Å². The molecular formula is C33H21N5. The number of pyridine rings is 3. The van der Waals surface area contributed by atoms with Gasteiger partial charge in [0.05, 0.1) is 22.1 Å². The third-order valence-corrected chi connectivity index (χ3v) is 7.21. The lowest BCUT2D eigenvalue weighted by molar-refractivity contribution is 1.16. The van der Waals surface area contributed by atoms with Crippen LogP contribution in [0.25, 0.3) is 66.6 Å². The molecule has 0 aliphatic carbocycles. The van der Waals surface area contributed by atoms with Crippen molar-refractivity contribution in [1.29, 1.82) is 0 Å². The molecule has 0 amide bonds. The lowest BCUT2D eigenvalue weighted by Crippen LogP contribution is -1.96. The maximum absolute atomic E-state index is 5.22. The summed E-state index contributed by atoms with van der Waals surface area (Å²) in [6, 6.07) is 40.0. The van der Waals surface area contributed by atoms with Gasteiger partial charge >= 0.3 is 0 Å². The standard InChI is InChI=1S/C33H21N5/c1-3-9-22(10-4-1)23-15-17-25(18-16-23)38-27-14-8-20-35-31(27)33-29(38)21-28-32(36-33)30-26(13-7-19-34-30)37(28)24-11-5-2-6-12-24/h1-21H. The molecule has 0 saturated heterocycles. The van der Waals surface area contributed by atoms with E-state index in [-0.39, 0.29) is 0 Å². The van der Waals surface area contributed by atoms with Gasteiger partial charge in [0.25, 0.3) is 0 Å². The Kier molecular flexibility index (Phi) is 4.45. The van der Waals surface area contributed by atoms with E-state index < -0.39 is 0 Å². The summed E-state index contributed by atoms with van der Waals surface area (Å²) in [6.45, 7) is 0. The van der Waals surface area contributed by atoms with Crippen LogP contribution >= 0.6 is 0 Å². The first-order valence-electron chi connectivity index (χ1n) is 12.6. The van der Waals surface area contributed by atoms with Crippen molar-refractivity contribution < 1.29 is 0 Å². The Labute approximate surface area is 218 Å². The highest BCUT2D eigenvalue weighted by molar-refractivity contribution is 6.13. The monoisotopic (exact) mass is 487 g/mol. The summed E-state index contributed by atoms with van der Waals surface area (Å²) in [6.07, 6.45) is 3.67. The maximum atomic E-state index is 5.22. The van der Waals surface area contributed by atoms with Crippen molar-refractivity contribution in [2.75, 3.05) is 0 Å². The first-order chi connectivity index (χ1) is 18.9. The van der Waals surface area contributed by atoms with Crippen molar-refractivity contribution in [3.05, 3.63) is 128 Å². The highest BCUT2D eigenvalue weighted by atomic mass is 15.1. The first-order valence-corrected chi connectivity index (χ1v) is 12.6. The van der Waals surface area contributed by atoms with E-state index in [1.807, 2.05) is 36.7 Å². The summed E-state index contributed by atoms with van der Waals surface area (Å²) in [5.74, 6) is 0. The zero-order valence-electron chi connectivity index (χ0n) is 20.4. The fraction of sp³-hybridized carbons (Fsp3) is 0. The molecule has 38 heavy (non-hydrogen) atoms. The Morgan fingerprint density at radius 3 is 1.47 bits per heavy atom. The molecule has 5 heterocycles. The second kappa shape index (κ2) is 8.11. The highest BCUT2D eigenvalue weighted by Crippen LogP contribution is 2.36. The SMILES string of the molecule is c1ccc(-c2ccc(-n3c4cccnc4c4nc5c6ncccc6n(-c6ccccc6)c5cc43)cc2)cc1. The van der Waals surface area contributed by atoms with Crippen LogP contribution in [0, 0.1) is 0 Å². The lowest BCUT2D eigenvalue weighted by atomic mass is 10.1. The van der Waals surface area contributed by atoms with Crippen molar-refractivity contribution in [2.45, 2.75) is 0 Å². The van der Waals surface area contributed by atoms with Crippen LogP contribution in [0.3, 0.4) is 0 Å². The van der Waals surface area contributed by atoms with Crippen LogP contribution in [0.1, 0.15) is 0 Å². The van der Waals surface area contributed by atoms with E-state index >= 15 is 0 Å². The van der Waals surface area contributed by atoms with Gasteiger partial charge in [-0.2, -0.15) is 0 Å². The Hall–Kier alpha value is -5.29. The van der Waals surface area contributed by atoms with E-state index in [2.05, 4.69) is 100 Å². The average Bonchev–Trinajstić information content (AvgIpc) is 3.49. The van der Waals surface area contributed by atoms with Crippen LogP contribution in [0.2, 0.25) is 0 Å². The van der Waals surface area contributed by atoms with Gasteiger partial charge in [-0.1, -0.05) is 60.7 Å². The normalized spacial score (nSPS) is 11.7. The molecule has 3 aromatic carbocycles. The number of aromatic nitrogens is 5. The molecule has 0 radical (unpaired) electrons. The molecule has 0 spiro atoms. The second-order valence-corrected chi connectivity index (χ2v) is 9.39. The van der Waals surface area contributed by atoms with Crippen molar-refractivity contribution in [2.24, 2.45) is 0 Å². The van der Waals surface area contributed by atoms with Gasteiger partial charge < -0.3 is 9.13 Å². The molecule has 0 atom stereocenters. The largest absolute Gasteiger partial charge is 0.306 e. The fourth-order valence-electron chi connectivity index (χ4n) is 5.53. The number of hydrogen-bond acceptors (Lipinski definition) is 3. The Bertz CT molecular complexity index is 2110. The van der Waals surface area contributed by atoms with Gasteiger partial charge in [-0.05, 0) is 65.7 Å². The number of hydrogen-bond donors (Lipinski definition) is 0. The molecular weight excluding hydrogens is 466 g/mol. The summed E-state index contributed by atoms with van der Waals surface area (Å²) in [5, 5.41) is 0. The minimum atomic E-state index is 0.873. The number of fused-ring (bicyclic) bond motifs is 6. The minimum absolute atomic E-state index is 0.873. The van der Waals surface area contributed by atoms with Gasteiger partial charge in [0.2, 0.25) is 0 Å².